The number of carbonyl (C=O) groups excluding carboxylic acids is 3. The number of rotatable bonds is 4. The Balaban J connectivity index is 1.53. The largest absolute Gasteiger partial charge is 0.444 e. The smallest absolute Gasteiger partial charge is 0.407 e. The van der Waals surface area contributed by atoms with Crippen LogP contribution >= 0.6 is 0 Å². The number of amides is 3. The summed E-state index contributed by atoms with van der Waals surface area (Å²) in [6.07, 6.45) is 8.31. The first-order chi connectivity index (χ1) is 18.1. The van der Waals surface area contributed by atoms with E-state index in [0.29, 0.717) is 32.2 Å². The van der Waals surface area contributed by atoms with Crippen molar-refractivity contribution >= 4 is 27.9 Å². The lowest BCUT2D eigenvalue weighted by atomic mass is 10.1. The Kier molecular flexibility index (Phi) is 8.41. The van der Waals surface area contributed by atoms with E-state index in [4.69, 9.17) is 4.74 Å². The highest BCUT2D eigenvalue weighted by Gasteiger charge is 2.62. The van der Waals surface area contributed by atoms with Crippen LogP contribution < -0.4 is 15.4 Å². The summed E-state index contributed by atoms with van der Waals surface area (Å²) in [6, 6.07) is -1.02. The molecule has 39 heavy (non-hydrogen) atoms. The van der Waals surface area contributed by atoms with Crippen LogP contribution in [0.3, 0.4) is 0 Å². The first-order valence-electron chi connectivity index (χ1n) is 14.1. The molecule has 220 valence electrons. The molecule has 0 spiro atoms. The Morgan fingerprint density at radius 3 is 2.56 bits per heavy atom. The number of alkyl carbamates (subject to hydrolysis) is 1. The molecule has 5 atom stereocenters. The van der Waals surface area contributed by atoms with Gasteiger partial charge < -0.3 is 20.5 Å². The van der Waals surface area contributed by atoms with E-state index in [1.165, 1.54) is 0 Å². The summed E-state index contributed by atoms with van der Waals surface area (Å²) in [5, 5.41) is 16.3. The highest BCUT2D eigenvalue weighted by molar-refractivity contribution is 7.91. The molecule has 2 heterocycles. The van der Waals surface area contributed by atoms with Crippen LogP contribution in [0.2, 0.25) is 0 Å². The number of ether oxygens (including phenoxy) is 1. The van der Waals surface area contributed by atoms with Crippen molar-refractivity contribution in [2.24, 2.45) is 5.92 Å². The fourth-order valence-corrected chi connectivity index (χ4v) is 6.79. The van der Waals surface area contributed by atoms with Crippen molar-refractivity contribution in [2.45, 2.75) is 120 Å². The summed E-state index contributed by atoms with van der Waals surface area (Å²) in [5.74, 6) is -1.45. The van der Waals surface area contributed by atoms with E-state index in [1.54, 1.807) is 27.7 Å². The number of carbonyl (C=O) groups is 3. The van der Waals surface area contributed by atoms with Crippen molar-refractivity contribution in [3.63, 3.8) is 0 Å². The molecular formula is C27H44N4O7S. The Morgan fingerprint density at radius 2 is 1.90 bits per heavy atom. The minimum atomic E-state index is -3.87. The van der Waals surface area contributed by atoms with Crippen molar-refractivity contribution in [2.75, 3.05) is 13.1 Å². The number of sulfonamides is 1. The third-order valence-electron chi connectivity index (χ3n) is 8.25. The lowest BCUT2D eigenvalue weighted by Gasteiger charge is -2.30. The molecule has 2 aliphatic carbocycles. The average Bonchev–Trinajstić information content (AvgIpc) is 3.68. The maximum absolute atomic E-state index is 13.6. The lowest BCUT2D eigenvalue weighted by Crippen LogP contribution is -2.57. The molecule has 4 aliphatic rings. The number of hydrogen-bond acceptors (Lipinski definition) is 8. The van der Waals surface area contributed by atoms with Gasteiger partial charge in [0.05, 0.1) is 16.9 Å². The molecular weight excluding hydrogens is 524 g/mol. The maximum atomic E-state index is 13.6. The van der Waals surface area contributed by atoms with Gasteiger partial charge in [-0.3, -0.25) is 19.2 Å². The molecule has 3 amide bonds. The maximum Gasteiger partial charge on any atom is 0.407 e. The number of hydrogen-bond donors (Lipinski definition) is 4. The van der Waals surface area contributed by atoms with Crippen LogP contribution in [0.25, 0.3) is 0 Å². The zero-order valence-corrected chi connectivity index (χ0v) is 24.3. The molecule has 0 unspecified atom stereocenters. The molecule has 0 aromatic heterocycles. The number of aliphatic hydroxyl groups excluding tert-OH is 1. The van der Waals surface area contributed by atoms with Crippen LogP contribution in [-0.4, -0.2) is 83.5 Å². The van der Waals surface area contributed by atoms with Crippen molar-refractivity contribution in [3.8, 4) is 0 Å². The van der Waals surface area contributed by atoms with Gasteiger partial charge in [0.1, 0.15) is 11.1 Å². The van der Waals surface area contributed by atoms with Crippen molar-refractivity contribution in [1.29, 1.82) is 0 Å². The van der Waals surface area contributed by atoms with E-state index in [-0.39, 0.29) is 24.9 Å². The zero-order chi connectivity index (χ0) is 28.6. The molecule has 2 saturated carbocycles. The van der Waals surface area contributed by atoms with E-state index in [1.807, 2.05) is 17.1 Å². The highest BCUT2D eigenvalue weighted by atomic mass is 32.2. The summed E-state index contributed by atoms with van der Waals surface area (Å²) >= 11 is 0. The lowest BCUT2D eigenvalue weighted by molar-refractivity contribution is -0.132. The van der Waals surface area contributed by atoms with Gasteiger partial charge >= 0.3 is 6.09 Å². The number of allylic oxidation sites excluding steroid dienone is 1. The van der Waals surface area contributed by atoms with Crippen LogP contribution in [0.5, 0.6) is 0 Å². The third-order valence-corrected chi connectivity index (χ3v) is 10.4. The van der Waals surface area contributed by atoms with Crippen LogP contribution in [-0.2, 0) is 24.3 Å². The van der Waals surface area contributed by atoms with Gasteiger partial charge in [-0.1, -0.05) is 25.0 Å². The van der Waals surface area contributed by atoms with E-state index in [2.05, 4.69) is 15.4 Å². The quantitative estimate of drug-likeness (QED) is 0.374. The van der Waals surface area contributed by atoms with Gasteiger partial charge in [-0.15, -0.1) is 0 Å². The second-order valence-electron chi connectivity index (χ2n) is 12.9. The monoisotopic (exact) mass is 568 g/mol. The Morgan fingerprint density at radius 1 is 1.18 bits per heavy atom. The van der Waals surface area contributed by atoms with Crippen LogP contribution in [0, 0.1) is 5.92 Å². The van der Waals surface area contributed by atoms with Crippen LogP contribution in [0.1, 0.15) is 85.5 Å². The molecule has 4 N–H and O–H groups in total. The summed E-state index contributed by atoms with van der Waals surface area (Å²) in [5.41, 5.74) is -2.00. The Hall–Kier alpha value is -2.18. The van der Waals surface area contributed by atoms with Crippen molar-refractivity contribution in [3.05, 3.63) is 12.2 Å². The van der Waals surface area contributed by atoms with E-state index >= 15 is 0 Å². The van der Waals surface area contributed by atoms with Crippen LogP contribution in [0.4, 0.5) is 4.79 Å². The summed E-state index contributed by atoms with van der Waals surface area (Å²) in [7, 11) is -3.87. The van der Waals surface area contributed by atoms with Crippen LogP contribution in [0.15, 0.2) is 12.2 Å². The van der Waals surface area contributed by atoms with Crippen molar-refractivity contribution < 1.29 is 32.6 Å². The predicted molar refractivity (Wildman–Crippen MR) is 145 cm³/mol. The van der Waals surface area contributed by atoms with E-state index in [9.17, 15) is 27.9 Å². The number of aliphatic hydroxyl groups is 1. The summed E-state index contributed by atoms with van der Waals surface area (Å²) < 4.78 is 32.3. The number of nitrogens with one attached hydrogen (secondary N) is 3. The second-order valence-corrected chi connectivity index (χ2v) is 15.1. The fourth-order valence-electron chi connectivity index (χ4n) is 5.48. The highest BCUT2D eigenvalue weighted by Crippen LogP contribution is 2.47. The molecule has 0 aromatic carbocycles. The Bertz CT molecular complexity index is 1100. The van der Waals surface area contributed by atoms with Gasteiger partial charge in [-0.05, 0) is 72.6 Å². The molecule has 4 rings (SSSR count). The summed E-state index contributed by atoms with van der Waals surface area (Å²) in [6.45, 7) is 7.57. The third kappa shape index (κ3) is 7.13. The summed E-state index contributed by atoms with van der Waals surface area (Å²) in [4.78, 5) is 41.3. The second kappa shape index (κ2) is 11.0. The Labute approximate surface area is 231 Å². The predicted octanol–water partition coefficient (Wildman–Crippen LogP) is 1.71. The molecule has 3 fully saturated rings. The van der Waals surface area contributed by atoms with Gasteiger partial charge in [0, 0.05) is 25.0 Å². The topological polar surface area (TPSA) is 154 Å². The number of nitrogens with zero attached hydrogens (tertiary/aromatic N) is 1. The fraction of sp³-hybridized carbons (Fsp3) is 0.815. The van der Waals surface area contributed by atoms with E-state index in [0.717, 1.165) is 25.7 Å². The van der Waals surface area contributed by atoms with Gasteiger partial charge in [0.15, 0.2) is 0 Å². The molecule has 0 aromatic rings. The van der Waals surface area contributed by atoms with Gasteiger partial charge in [0.25, 0.3) is 5.91 Å². The van der Waals surface area contributed by atoms with E-state index < -0.39 is 56.0 Å². The molecule has 0 radical (unpaired) electrons. The first kappa shape index (κ1) is 29.8. The molecule has 1 saturated heterocycles. The number of fused-ring (bicyclic) bond motifs is 2. The minimum Gasteiger partial charge on any atom is -0.444 e. The first-order valence-corrected chi connectivity index (χ1v) is 15.6. The SMILES string of the molecule is CC(C)(C)OC(=O)N[C@H]1CCCCCC=C[C@@H]2C[C@@]2(C(=O)NS(=O)(=O)C2(C)CC2)NC(=O)[C@@H]2C[C@@H](O)CN2C1. The average molecular weight is 569 g/mol. The molecule has 2 aliphatic heterocycles. The molecule has 12 heteroatoms. The standard InChI is InChI=1S/C27H44N4O7S/c1-25(2,3)38-24(35)28-19-11-9-7-5-6-8-10-18-15-27(18,23(34)30-39(36,37)26(4)12-13-26)29-22(33)21-14-20(32)17-31(21)16-19/h8,10,18-21,32H,5-7,9,11-17H2,1-4H3,(H,28,35)(H,29,33)(H,30,34)/t18-,19+,20-,21+,27-/m1/s1. The zero-order valence-electron chi connectivity index (χ0n) is 23.5. The molecule has 0 bridgehead atoms. The minimum absolute atomic E-state index is 0.180. The molecule has 11 nitrogen and oxygen atoms in total. The van der Waals surface area contributed by atoms with Gasteiger partial charge in [-0.25, -0.2) is 13.2 Å². The van der Waals surface area contributed by atoms with Crippen molar-refractivity contribution in [1.82, 2.24) is 20.3 Å². The van der Waals surface area contributed by atoms with Gasteiger partial charge in [0.2, 0.25) is 15.9 Å². The van der Waals surface area contributed by atoms with Gasteiger partial charge in [-0.2, -0.15) is 0 Å². The normalized spacial score (nSPS) is 33.4.